The van der Waals surface area contributed by atoms with Crippen molar-refractivity contribution in [3.05, 3.63) is 0 Å². The van der Waals surface area contributed by atoms with Gasteiger partial charge in [-0.25, -0.2) is 0 Å². The number of nitrogens with zero attached hydrogens (tertiary/aromatic N) is 1. The van der Waals surface area contributed by atoms with Crippen molar-refractivity contribution in [2.75, 3.05) is 19.6 Å². The van der Waals surface area contributed by atoms with Crippen molar-refractivity contribution in [1.82, 2.24) is 10.2 Å². The monoisotopic (exact) mass is 226 g/mol. The predicted octanol–water partition coefficient (Wildman–Crippen LogP) is 3.03. The van der Waals surface area contributed by atoms with Crippen LogP contribution in [0.15, 0.2) is 0 Å². The van der Waals surface area contributed by atoms with E-state index in [2.05, 4.69) is 31.0 Å². The Morgan fingerprint density at radius 1 is 1.19 bits per heavy atom. The van der Waals surface area contributed by atoms with Crippen LogP contribution in [0.5, 0.6) is 0 Å². The van der Waals surface area contributed by atoms with Crippen molar-refractivity contribution in [2.24, 2.45) is 0 Å². The van der Waals surface area contributed by atoms with Gasteiger partial charge in [-0.1, -0.05) is 40.0 Å². The lowest BCUT2D eigenvalue weighted by Crippen LogP contribution is -2.44. The molecular weight excluding hydrogens is 196 g/mol. The van der Waals surface area contributed by atoms with Crippen LogP contribution in [0.25, 0.3) is 0 Å². The zero-order chi connectivity index (χ0) is 11.8. The van der Waals surface area contributed by atoms with Crippen molar-refractivity contribution in [3.63, 3.8) is 0 Å². The third kappa shape index (κ3) is 4.42. The molecule has 1 N–H and O–H groups in total. The molecule has 1 fully saturated rings. The Balaban J connectivity index is 2.38. The van der Waals surface area contributed by atoms with E-state index in [0.717, 1.165) is 12.6 Å². The van der Waals surface area contributed by atoms with Crippen molar-refractivity contribution < 1.29 is 0 Å². The summed E-state index contributed by atoms with van der Waals surface area (Å²) in [5.41, 5.74) is 0. The maximum absolute atomic E-state index is 3.63. The maximum Gasteiger partial charge on any atom is 0.0194 e. The minimum atomic E-state index is 0.704. The second kappa shape index (κ2) is 8.08. The Kier molecular flexibility index (Phi) is 7.06. The van der Waals surface area contributed by atoms with Gasteiger partial charge in [0.15, 0.2) is 0 Å². The minimum Gasteiger partial charge on any atom is -0.313 e. The van der Waals surface area contributed by atoms with Gasteiger partial charge in [-0.05, 0) is 32.4 Å². The molecule has 2 heteroatoms. The summed E-state index contributed by atoms with van der Waals surface area (Å²) in [6.07, 6.45) is 8.36. The van der Waals surface area contributed by atoms with Gasteiger partial charge >= 0.3 is 0 Å². The molecule has 2 nitrogen and oxygen atoms in total. The van der Waals surface area contributed by atoms with Gasteiger partial charge in [0.2, 0.25) is 0 Å². The summed E-state index contributed by atoms with van der Waals surface area (Å²) in [6, 6.07) is 1.58. The third-order valence-corrected chi connectivity index (χ3v) is 3.83. The molecule has 1 aliphatic rings. The Labute approximate surface area is 102 Å². The molecule has 96 valence electrons. The van der Waals surface area contributed by atoms with Gasteiger partial charge in [0, 0.05) is 18.6 Å². The highest BCUT2D eigenvalue weighted by atomic mass is 15.2. The average molecular weight is 226 g/mol. The smallest absolute Gasteiger partial charge is 0.0194 e. The van der Waals surface area contributed by atoms with E-state index in [1.165, 1.54) is 51.6 Å². The molecule has 0 aromatic heterocycles. The van der Waals surface area contributed by atoms with Gasteiger partial charge in [0.1, 0.15) is 0 Å². The van der Waals surface area contributed by atoms with Gasteiger partial charge in [-0.15, -0.1) is 0 Å². The predicted molar refractivity (Wildman–Crippen MR) is 71.9 cm³/mol. The summed E-state index contributed by atoms with van der Waals surface area (Å²) in [5, 5.41) is 3.63. The summed E-state index contributed by atoms with van der Waals surface area (Å²) in [7, 11) is 0. The highest BCUT2D eigenvalue weighted by molar-refractivity contribution is 4.80. The molecule has 1 rings (SSSR count). The molecule has 1 atom stereocenters. The number of hydrogen-bond acceptors (Lipinski definition) is 2. The van der Waals surface area contributed by atoms with Gasteiger partial charge < -0.3 is 5.32 Å². The average Bonchev–Trinajstić information content (AvgIpc) is 2.79. The summed E-state index contributed by atoms with van der Waals surface area (Å²) in [6.45, 7) is 10.4. The van der Waals surface area contributed by atoms with Crippen LogP contribution < -0.4 is 5.32 Å². The van der Waals surface area contributed by atoms with E-state index in [4.69, 9.17) is 0 Å². The number of hydrogen-bond donors (Lipinski definition) is 1. The molecule has 0 spiro atoms. The minimum absolute atomic E-state index is 0.704. The van der Waals surface area contributed by atoms with E-state index < -0.39 is 0 Å². The Morgan fingerprint density at radius 3 is 2.38 bits per heavy atom. The maximum atomic E-state index is 3.63. The molecular formula is C14H30N2. The van der Waals surface area contributed by atoms with Crippen LogP contribution in [-0.4, -0.2) is 36.6 Å². The van der Waals surface area contributed by atoms with E-state index in [-0.39, 0.29) is 0 Å². The van der Waals surface area contributed by atoms with Gasteiger partial charge in [0.05, 0.1) is 0 Å². The molecule has 0 aliphatic heterocycles. The first-order chi connectivity index (χ1) is 7.81. The van der Waals surface area contributed by atoms with E-state index >= 15 is 0 Å². The van der Waals surface area contributed by atoms with Crippen molar-refractivity contribution in [3.8, 4) is 0 Å². The van der Waals surface area contributed by atoms with Crippen LogP contribution >= 0.6 is 0 Å². The normalized spacial score (nSPS) is 19.5. The highest BCUT2D eigenvalue weighted by Crippen LogP contribution is 2.23. The summed E-state index contributed by atoms with van der Waals surface area (Å²) in [4.78, 5) is 2.70. The van der Waals surface area contributed by atoms with Gasteiger partial charge in [0.25, 0.3) is 0 Å². The zero-order valence-corrected chi connectivity index (χ0v) is 11.5. The zero-order valence-electron chi connectivity index (χ0n) is 11.5. The summed E-state index contributed by atoms with van der Waals surface area (Å²) in [5.74, 6) is 0. The third-order valence-electron chi connectivity index (χ3n) is 3.83. The molecule has 1 aliphatic carbocycles. The quantitative estimate of drug-likeness (QED) is 0.684. The van der Waals surface area contributed by atoms with Crippen LogP contribution in [0.3, 0.4) is 0 Å². The van der Waals surface area contributed by atoms with Crippen LogP contribution in [0.2, 0.25) is 0 Å². The topological polar surface area (TPSA) is 15.3 Å². The molecule has 0 saturated heterocycles. The molecule has 0 amide bonds. The number of rotatable bonds is 8. The lowest BCUT2D eigenvalue weighted by molar-refractivity contribution is 0.183. The first-order valence-electron chi connectivity index (χ1n) is 7.29. The van der Waals surface area contributed by atoms with Crippen LogP contribution in [0, 0.1) is 0 Å². The Hall–Kier alpha value is -0.0800. The Morgan fingerprint density at radius 2 is 1.88 bits per heavy atom. The number of nitrogens with one attached hydrogen (secondary N) is 1. The first-order valence-corrected chi connectivity index (χ1v) is 7.29. The fourth-order valence-corrected chi connectivity index (χ4v) is 2.98. The van der Waals surface area contributed by atoms with E-state index in [9.17, 15) is 0 Å². The highest BCUT2D eigenvalue weighted by Gasteiger charge is 2.23. The molecule has 0 aromatic carbocycles. The summed E-state index contributed by atoms with van der Waals surface area (Å²) < 4.78 is 0. The van der Waals surface area contributed by atoms with Crippen LogP contribution in [0.4, 0.5) is 0 Å². The summed E-state index contributed by atoms with van der Waals surface area (Å²) >= 11 is 0. The number of likely N-dealkylation sites (N-methyl/N-ethyl adjacent to an activating group) is 2. The van der Waals surface area contributed by atoms with Crippen molar-refractivity contribution >= 4 is 0 Å². The van der Waals surface area contributed by atoms with Crippen LogP contribution in [0.1, 0.15) is 59.3 Å². The second-order valence-corrected chi connectivity index (χ2v) is 5.07. The molecule has 0 bridgehead atoms. The molecule has 0 radical (unpaired) electrons. The fraction of sp³-hybridized carbons (Fsp3) is 1.00. The Bertz CT molecular complexity index is 158. The fourth-order valence-electron chi connectivity index (χ4n) is 2.98. The SMILES string of the molecule is CCCC(CN(CC)C1CCCC1)NCC. The van der Waals surface area contributed by atoms with Gasteiger partial charge in [-0.2, -0.15) is 0 Å². The van der Waals surface area contributed by atoms with Crippen LogP contribution in [-0.2, 0) is 0 Å². The van der Waals surface area contributed by atoms with Crippen molar-refractivity contribution in [2.45, 2.75) is 71.4 Å². The van der Waals surface area contributed by atoms with E-state index in [1.54, 1.807) is 0 Å². The van der Waals surface area contributed by atoms with E-state index in [1.807, 2.05) is 0 Å². The first kappa shape index (κ1) is 14.0. The van der Waals surface area contributed by atoms with Gasteiger partial charge in [-0.3, -0.25) is 4.90 Å². The molecule has 1 unspecified atom stereocenters. The second-order valence-electron chi connectivity index (χ2n) is 5.07. The standard InChI is InChI=1S/C14H30N2/c1-4-9-13(15-5-2)12-16(6-3)14-10-7-8-11-14/h13-15H,4-12H2,1-3H3. The van der Waals surface area contributed by atoms with Crippen molar-refractivity contribution in [1.29, 1.82) is 0 Å². The molecule has 0 heterocycles. The molecule has 0 aromatic rings. The molecule has 1 saturated carbocycles. The lowest BCUT2D eigenvalue weighted by Gasteiger charge is -2.31. The lowest BCUT2D eigenvalue weighted by atomic mass is 10.1. The largest absolute Gasteiger partial charge is 0.313 e. The molecule has 16 heavy (non-hydrogen) atoms. The van der Waals surface area contributed by atoms with E-state index in [0.29, 0.717) is 6.04 Å².